The van der Waals surface area contributed by atoms with Gasteiger partial charge in [-0.05, 0) is 34.1 Å². The maximum absolute atomic E-state index is 11.2. The Morgan fingerprint density at radius 3 is 3.12 bits per heavy atom. The molecule has 1 amide bonds. The zero-order valence-corrected chi connectivity index (χ0v) is 9.84. The lowest BCUT2D eigenvalue weighted by molar-refractivity contribution is -0.115. The number of carbonyl (C=O) groups excluding carboxylic acids is 1. The summed E-state index contributed by atoms with van der Waals surface area (Å²) in [7, 11) is 0. The predicted molar refractivity (Wildman–Crippen MR) is 64.9 cm³/mol. The van der Waals surface area contributed by atoms with Gasteiger partial charge in [0.15, 0.2) is 0 Å². The van der Waals surface area contributed by atoms with E-state index in [1.807, 2.05) is 18.3 Å². The van der Waals surface area contributed by atoms with Crippen LogP contribution >= 0.6 is 15.9 Å². The monoisotopic (exact) mass is 277 g/mol. The highest BCUT2D eigenvalue weighted by Crippen LogP contribution is 2.27. The van der Waals surface area contributed by atoms with E-state index in [1.165, 1.54) is 0 Å². The van der Waals surface area contributed by atoms with Crippen molar-refractivity contribution < 1.29 is 4.79 Å². The number of benzene rings is 1. The van der Waals surface area contributed by atoms with Crippen molar-refractivity contribution in [3.63, 3.8) is 0 Å². The van der Waals surface area contributed by atoms with Gasteiger partial charge < -0.3 is 10.3 Å². The number of rotatable bonds is 2. The van der Waals surface area contributed by atoms with Crippen LogP contribution in [0.2, 0.25) is 0 Å². The van der Waals surface area contributed by atoms with Gasteiger partial charge in [-0.3, -0.25) is 4.79 Å². The van der Waals surface area contributed by atoms with E-state index in [0.717, 1.165) is 15.4 Å². The molecule has 80 valence electrons. The van der Waals surface area contributed by atoms with E-state index in [4.69, 9.17) is 5.26 Å². The molecule has 0 bridgehead atoms. The molecule has 0 fully saturated rings. The number of fused-ring (bicyclic) bond motifs is 1. The van der Waals surface area contributed by atoms with Gasteiger partial charge in [0.1, 0.15) is 6.42 Å². The van der Waals surface area contributed by atoms with Crippen LogP contribution in [0.5, 0.6) is 0 Å². The Kier molecular flexibility index (Phi) is 2.93. The number of anilines is 1. The first kappa shape index (κ1) is 10.7. The molecule has 0 unspecified atom stereocenters. The lowest BCUT2D eigenvalue weighted by Crippen LogP contribution is -2.09. The Labute approximate surface area is 100 Å². The van der Waals surface area contributed by atoms with Gasteiger partial charge in [0.25, 0.3) is 0 Å². The molecule has 1 aromatic heterocycles. The molecule has 0 atom stereocenters. The van der Waals surface area contributed by atoms with Crippen molar-refractivity contribution in [2.24, 2.45) is 0 Å². The molecule has 0 spiro atoms. The normalized spacial score (nSPS) is 10.0. The van der Waals surface area contributed by atoms with Gasteiger partial charge in [0, 0.05) is 21.7 Å². The van der Waals surface area contributed by atoms with Crippen LogP contribution in [0, 0.1) is 11.3 Å². The maximum atomic E-state index is 11.2. The minimum atomic E-state index is -0.302. The first-order valence-electron chi connectivity index (χ1n) is 4.64. The van der Waals surface area contributed by atoms with Crippen molar-refractivity contribution in [3.05, 3.63) is 28.9 Å². The summed E-state index contributed by atoms with van der Waals surface area (Å²) in [6.45, 7) is 0. The van der Waals surface area contributed by atoms with Crippen LogP contribution in [0.4, 0.5) is 5.69 Å². The number of halogens is 1. The summed E-state index contributed by atoms with van der Waals surface area (Å²) in [5.41, 5.74) is 1.66. The molecule has 2 aromatic rings. The molecule has 0 aliphatic heterocycles. The predicted octanol–water partition coefficient (Wildman–Crippen LogP) is 2.78. The van der Waals surface area contributed by atoms with Crippen molar-refractivity contribution in [1.82, 2.24) is 4.98 Å². The number of H-pyrrole nitrogens is 1. The summed E-state index contributed by atoms with van der Waals surface area (Å²) in [5.74, 6) is -0.302. The van der Waals surface area contributed by atoms with Gasteiger partial charge in [-0.15, -0.1) is 0 Å². The third-order valence-electron chi connectivity index (χ3n) is 2.13. The number of aromatic nitrogens is 1. The number of nitriles is 1. The SMILES string of the molecule is N#CCC(=O)Nc1cc(Br)c2[nH]ccc2c1. The third kappa shape index (κ3) is 2.07. The number of carbonyl (C=O) groups is 1. The molecule has 0 saturated heterocycles. The van der Waals surface area contributed by atoms with E-state index in [1.54, 1.807) is 12.1 Å². The van der Waals surface area contributed by atoms with Crippen molar-refractivity contribution in [3.8, 4) is 6.07 Å². The molecule has 0 aliphatic carbocycles. The molecular formula is C11H8BrN3O. The van der Waals surface area contributed by atoms with Crippen LogP contribution in [0.25, 0.3) is 10.9 Å². The molecule has 2 N–H and O–H groups in total. The van der Waals surface area contributed by atoms with Crippen LogP contribution in [-0.2, 0) is 4.79 Å². The molecule has 5 heteroatoms. The fraction of sp³-hybridized carbons (Fsp3) is 0.0909. The van der Waals surface area contributed by atoms with Crippen molar-refractivity contribution in [2.75, 3.05) is 5.32 Å². The summed E-state index contributed by atoms with van der Waals surface area (Å²) in [6.07, 6.45) is 1.69. The van der Waals surface area contributed by atoms with E-state index in [-0.39, 0.29) is 12.3 Å². The molecule has 0 saturated carbocycles. The Hall–Kier alpha value is -1.80. The fourth-order valence-corrected chi connectivity index (χ4v) is 2.07. The Morgan fingerprint density at radius 2 is 2.38 bits per heavy atom. The molecule has 2 rings (SSSR count). The van der Waals surface area contributed by atoms with E-state index in [9.17, 15) is 4.79 Å². The van der Waals surface area contributed by atoms with Crippen LogP contribution in [0.3, 0.4) is 0 Å². The highest BCUT2D eigenvalue weighted by atomic mass is 79.9. The summed E-state index contributed by atoms with van der Waals surface area (Å²) in [6, 6.07) is 7.37. The lowest BCUT2D eigenvalue weighted by atomic mass is 10.2. The lowest BCUT2D eigenvalue weighted by Gasteiger charge is -2.04. The zero-order chi connectivity index (χ0) is 11.5. The minimum Gasteiger partial charge on any atom is -0.360 e. The third-order valence-corrected chi connectivity index (χ3v) is 2.76. The fourth-order valence-electron chi connectivity index (χ4n) is 1.48. The van der Waals surface area contributed by atoms with Gasteiger partial charge >= 0.3 is 0 Å². The second kappa shape index (κ2) is 4.37. The van der Waals surface area contributed by atoms with E-state index < -0.39 is 0 Å². The van der Waals surface area contributed by atoms with Crippen molar-refractivity contribution in [2.45, 2.75) is 6.42 Å². The summed E-state index contributed by atoms with van der Waals surface area (Å²) >= 11 is 3.41. The van der Waals surface area contributed by atoms with E-state index >= 15 is 0 Å². The summed E-state index contributed by atoms with van der Waals surface area (Å²) in [4.78, 5) is 14.3. The number of aromatic amines is 1. The number of hydrogen-bond acceptors (Lipinski definition) is 2. The van der Waals surface area contributed by atoms with Gasteiger partial charge in [-0.25, -0.2) is 0 Å². The highest BCUT2D eigenvalue weighted by molar-refractivity contribution is 9.10. The van der Waals surface area contributed by atoms with E-state index in [2.05, 4.69) is 26.2 Å². The number of hydrogen-bond donors (Lipinski definition) is 2. The molecule has 0 radical (unpaired) electrons. The summed E-state index contributed by atoms with van der Waals surface area (Å²) in [5, 5.41) is 12.0. The maximum Gasteiger partial charge on any atom is 0.238 e. The van der Waals surface area contributed by atoms with Crippen LogP contribution in [0.1, 0.15) is 6.42 Å². The second-order valence-electron chi connectivity index (χ2n) is 3.28. The first-order chi connectivity index (χ1) is 7.70. The molecule has 1 aromatic carbocycles. The zero-order valence-electron chi connectivity index (χ0n) is 8.25. The molecule has 0 aliphatic rings. The van der Waals surface area contributed by atoms with Gasteiger partial charge in [0.05, 0.1) is 11.6 Å². The largest absolute Gasteiger partial charge is 0.360 e. The van der Waals surface area contributed by atoms with Crippen LogP contribution < -0.4 is 5.32 Å². The Bertz CT molecular complexity index is 582. The van der Waals surface area contributed by atoms with Crippen LogP contribution in [0.15, 0.2) is 28.9 Å². The van der Waals surface area contributed by atoms with Gasteiger partial charge in [-0.1, -0.05) is 0 Å². The quantitative estimate of drug-likeness (QED) is 0.886. The topological polar surface area (TPSA) is 68.7 Å². The number of nitrogens with one attached hydrogen (secondary N) is 2. The highest BCUT2D eigenvalue weighted by Gasteiger charge is 2.05. The van der Waals surface area contributed by atoms with Gasteiger partial charge in [0.2, 0.25) is 5.91 Å². The Morgan fingerprint density at radius 1 is 1.56 bits per heavy atom. The molecular weight excluding hydrogens is 270 g/mol. The molecule has 16 heavy (non-hydrogen) atoms. The van der Waals surface area contributed by atoms with Gasteiger partial charge in [-0.2, -0.15) is 5.26 Å². The summed E-state index contributed by atoms with van der Waals surface area (Å²) < 4.78 is 0.877. The smallest absolute Gasteiger partial charge is 0.238 e. The first-order valence-corrected chi connectivity index (χ1v) is 5.43. The average Bonchev–Trinajstić information content (AvgIpc) is 2.66. The van der Waals surface area contributed by atoms with Crippen LogP contribution in [-0.4, -0.2) is 10.9 Å². The van der Waals surface area contributed by atoms with Crippen molar-refractivity contribution >= 4 is 38.4 Å². The molecule has 4 nitrogen and oxygen atoms in total. The number of nitrogens with zero attached hydrogens (tertiary/aromatic N) is 1. The standard InChI is InChI=1S/C11H8BrN3O/c12-9-6-8(15-10(16)1-3-13)5-7-2-4-14-11(7)9/h2,4-6,14H,1H2,(H,15,16). The van der Waals surface area contributed by atoms with E-state index in [0.29, 0.717) is 5.69 Å². The average molecular weight is 278 g/mol. The Balaban J connectivity index is 2.32. The van der Waals surface area contributed by atoms with Crippen molar-refractivity contribution in [1.29, 1.82) is 5.26 Å². The minimum absolute atomic E-state index is 0.136. The molecule has 1 heterocycles. The number of amides is 1. The second-order valence-corrected chi connectivity index (χ2v) is 4.14.